The number of carbonyl (C=O) groups excluding carboxylic acids is 1. The number of para-hydroxylation sites is 1. The summed E-state index contributed by atoms with van der Waals surface area (Å²) in [6, 6.07) is 20.0. The quantitative estimate of drug-likeness (QED) is 0.827. The number of nitriles is 1. The molecule has 0 fully saturated rings. The van der Waals surface area contributed by atoms with Crippen LogP contribution in [0.4, 0.5) is 0 Å². The van der Waals surface area contributed by atoms with Crippen LogP contribution in [0.2, 0.25) is 0 Å². The molecular weight excluding hydrogens is 344 g/mol. The largest absolute Gasteiger partial charge is 0.494 e. The highest BCUT2D eigenvalue weighted by Gasteiger charge is 2.31. The third-order valence-electron chi connectivity index (χ3n) is 4.18. The number of thioether (sulfide) groups is 1. The number of hydrogen-bond acceptors (Lipinski definition) is 4. The van der Waals surface area contributed by atoms with Gasteiger partial charge in [-0.25, -0.2) is 0 Å². The van der Waals surface area contributed by atoms with Crippen molar-refractivity contribution < 1.29 is 9.53 Å². The lowest BCUT2D eigenvalue weighted by Gasteiger charge is -2.26. The van der Waals surface area contributed by atoms with E-state index in [1.807, 2.05) is 61.5 Å². The lowest BCUT2D eigenvalue weighted by atomic mass is 9.86. The molecule has 4 nitrogen and oxygen atoms in total. The Labute approximate surface area is 157 Å². The third kappa shape index (κ3) is 4.09. The van der Waals surface area contributed by atoms with Crippen molar-refractivity contribution >= 4 is 17.7 Å². The third-order valence-corrected chi connectivity index (χ3v) is 5.26. The molecule has 132 valence electrons. The molecule has 1 atom stereocenters. The fourth-order valence-corrected chi connectivity index (χ4v) is 4.02. The van der Waals surface area contributed by atoms with Crippen LogP contribution in [0.25, 0.3) is 0 Å². The molecular formula is C21H20N2O2S. The van der Waals surface area contributed by atoms with E-state index in [-0.39, 0.29) is 18.2 Å². The van der Waals surface area contributed by atoms with Gasteiger partial charge in [0.1, 0.15) is 5.75 Å². The second kappa shape index (κ2) is 8.59. The Balaban J connectivity index is 1.92. The molecule has 0 bridgehead atoms. The molecule has 0 aliphatic carbocycles. The number of nitrogens with one attached hydrogen (secondary N) is 1. The van der Waals surface area contributed by atoms with Crippen molar-refractivity contribution in [2.24, 2.45) is 0 Å². The van der Waals surface area contributed by atoms with Crippen molar-refractivity contribution in [1.29, 1.82) is 5.26 Å². The van der Waals surface area contributed by atoms with Crippen LogP contribution in [0.3, 0.4) is 0 Å². The highest BCUT2D eigenvalue weighted by atomic mass is 32.2. The van der Waals surface area contributed by atoms with Crippen LogP contribution < -0.4 is 10.1 Å². The molecule has 1 unspecified atom stereocenters. The highest BCUT2D eigenvalue weighted by Crippen LogP contribution is 2.40. The number of carbonyl (C=O) groups is 1. The van der Waals surface area contributed by atoms with Crippen molar-refractivity contribution in [2.75, 3.05) is 6.61 Å². The van der Waals surface area contributed by atoms with Crippen LogP contribution >= 0.6 is 11.8 Å². The maximum Gasteiger partial charge on any atom is 0.225 e. The van der Waals surface area contributed by atoms with Crippen LogP contribution in [0.1, 0.15) is 30.4 Å². The molecule has 1 aliphatic rings. The smallest absolute Gasteiger partial charge is 0.225 e. The van der Waals surface area contributed by atoms with Gasteiger partial charge < -0.3 is 10.1 Å². The summed E-state index contributed by atoms with van der Waals surface area (Å²) >= 11 is 1.49. The van der Waals surface area contributed by atoms with E-state index in [9.17, 15) is 10.1 Å². The predicted octanol–water partition coefficient (Wildman–Crippen LogP) is 4.36. The lowest BCUT2D eigenvalue weighted by molar-refractivity contribution is -0.120. The summed E-state index contributed by atoms with van der Waals surface area (Å²) in [4.78, 5) is 12.3. The maximum atomic E-state index is 12.3. The summed E-state index contributed by atoms with van der Waals surface area (Å²) in [6.45, 7) is 2.46. The van der Waals surface area contributed by atoms with E-state index in [1.54, 1.807) is 0 Å². The van der Waals surface area contributed by atoms with Gasteiger partial charge in [-0.15, -0.1) is 11.8 Å². The van der Waals surface area contributed by atoms with Gasteiger partial charge in [0.15, 0.2) is 0 Å². The zero-order valence-corrected chi connectivity index (χ0v) is 15.4. The fourth-order valence-electron chi connectivity index (χ4n) is 2.98. The topological polar surface area (TPSA) is 62.1 Å². The molecule has 1 aliphatic heterocycles. The average molecular weight is 364 g/mol. The number of rotatable bonds is 6. The van der Waals surface area contributed by atoms with Gasteiger partial charge >= 0.3 is 0 Å². The SMILES string of the molecule is CCOc1ccccc1C1CC(=O)NC(SCc2ccccc2)=C1C#N. The molecule has 0 spiro atoms. The molecule has 1 N–H and O–H groups in total. The standard InChI is InChI=1S/C21H20N2O2S/c1-2-25-19-11-7-6-10-16(19)17-12-20(24)23-21(18(17)13-22)26-14-15-8-4-3-5-9-15/h3-11,17H,2,12,14H2,1H3,(H,23,24). The molecule has 0 saturated carbocycles. The van der Waals surface area contributed by atoms with Crippen LogP contribution in [-0.2, 0) is 10.5 Å². The number of amides is 1. The average Bonchev–Trinajstić information content (AvgIpc) is 2.67. The number of ether oxygens (including phenoxy) is 1. The first-order valence-corrected chi connectivity index (χ1v) is 9.54. The predicted molar refractivity (Wildman–Crippen MR) is 103 cm³/mol. The minimum Gasteiger partial charge on any atom is -0.494 e. The van der Waals surface area contributed by atoms with Gasteiger partial charge in [0.25, 0.3) is 0 Å². The Morgan fingerprint density at radius 1 is 1.19 bits per heavy atom. The van der Waals surface area contributed by atoms with E-state index < -0.39 is 0 Å². The van der Waals surface area contributed by atoms with Gasteiger partial charge in [-0.1, -0.05) is 48.5 Å². The molecule has 5 heteroatoms. The normalized spacial score (nSPS) is 16.8. The molecule has 2 aromatic carbocycles. The number of allylic oxidation sites excluding steroid dienone is 1. The number of nitrogens with zero attached hydrogens (tertiary/aromatic N) is 1. The van der Waals surface area contributed by atoms with Crippen molar-refractivity contribution in [3.63, 3.8) is 0 Å². The second-order valence-electron chi connectivity index (χ2n) is 5.90. The monoisotopic (exact) mass is 364 g/mol. The van der Waals surface area contributed by atoms with E-state index in [0.29, 0.717) is 23.0 Å². The van der Waals surface area contributed by atoms with Gasteiger partial charge in [0, 0.05) is 23.7 Å². The molecule has 3 rings (SSSR count). The number of benzene rings is 2. The van der Waals surface area contributed by atoms with Crippen LogP contribution in [-0.4, -0.2) is 12.5 Å². The van der Waals surface area contributed by atoms with Crippen molar-refractivity contribution in [3.05, 3.63) is 76.3 Å². The molecule has 0 aromatic heterocycles. The Hall–Kier alpha value is -2.71. The molecule has 1 amide bonds. The first kappa shape index (κ1) is 18.1. The Bertz CT molecular complexity index is 856. The summed E-state index contributed by atoms with van der Waals surface area (Å²) in [7, 11) is 0. The maximum absolute atomic E-state index is 12.3. The molecule has 1 heterocycles. The summed E-state index contributed by atoms with van der Waals surface area (Å²) in [6.07, 6.45) is 0.252. The van der Waals surface area contributed by atoms with Crippen molar-refractivity contribution in [2.45, 2.75) is 25.0 Å². The van der Waals surface area contributed by atoms with E-state index >= 15 is 0 Å². The van der Waals surface area contributed by atoms with Crippen LogP contribution in [0, 0.1) is 11.3 Å². The van der Waals surface area contributed by atoms with Crippen molar-refractivity contribution in [1.82, 2.24) is 5.32 Å². The van der Waals surface area contributed by atoms with E-state index in [2.05, 4.69) is 11.4 Å². The van der Waals surface area contributed by atoms with E-state index in [1.165, 1.54) is 11.8 Å². The Morgan fingerprint density at radius 2 is 1.92 bits per heavy atom. The van der Waals surface area contributed by atoms with Gasteiger partial charge in [-0.2, -0.15) is 5.26 Å². The summed E-state index contributed by atoms with van der Waals surface area (Å²) in [5, 5.41) is 13.3. The van der Waals surface area contributed by atoms with Gasteiger partial charge in [0.05, 0.1) is 23.3 Å². The minimum atomic E-state index is -0.283. The summed E-state index contributed by atoms with van der Waals surface area (Å²) in [5.74, 6) is 1.07. The summed E-state index contributed by atoms with van der Waals surface area (Å²) < 4.78 is 5.71. The highest BCUT2D eigenvalue weighted by molar-refractivity contribution is 8.02. The Kier molecular flexibility index (Phi) is 5.98. The first-order valence-electron chi connectivity index (χ1n) is 8.55. The molecule has 26 heavy (non-hydrogen) atoms. The Morgan fingerprint density at radius 3 is 2.65 bits per heavy atom. The molecule has 0 saturated heterocycles. The van der Waals surface area contributed by atoms with Gasteiger partial charge in [-0.05, 0) is 18.6 Å². The van der Waals surface area contributed by atoms with E-state index in [0.717, 1.165) is 16.9 Å². The van der Waals surface area contributed by atoms with Gasteiger partial charge in [0.2, 0.25) is 5.91 Å². The zero-order chi connectivity index (χ0) is 18.4. The van der Waals surface area contributed by atoms with Gasteiger partial charge in [-0.3, -0.25) is 4.79 Å². The van der Waals surface area contributed by atoms with E-state index in [4.69, 9.17) is 4.74 Å². The first-order chi connectivity index (χ1) is 12.7. The molecule has 0 radical (unpaired) electrons. The van der Waals surface area contributed by atoms with Crippen molar-refractivity contribution in [3.8, 4) is 11.8 Å². The summed E-state index contributed by atoms with van der Waals surface area (Å²) in [5.41, 5.74) is 2.63. The fraction of sp³-hybridized carbons (Fsp3) is 0.238. The minimum absolute atomic E-state index is 0.0733. The second-order valence-corrected chi connectivity index (χ2v) is 6.89. The molecule has 2 aromatic rings. The van der Waals surface area contributed by atoms with Crippen LogP contribution in [0.15, 0.2) is 65.2 Å². The zero-order valence-electron chi connectivity index (χ0n) is 14.6. The lowest BCUT2D eigenvalue weighted by Crippen LogP contribution is -2.31. The van der Waals surface area contributed by atoms with Crippen LogP contribution in [0.5, 0.6) is 5.75 Å². The number of hydrogen-bond donors (Lipinski definition) is 1.